The molecule has 0 spiro atoms. The number of alkyl halides is 1. The average molecular weight is 354 g/mol. The van der Waals surface area contributed by atoms with Gasteiger partial charge in [0.25, 0.3) is 0 Å². The predicted octanol–water partition coefficient (Wildman–Crippen LogP) is 5.00. The van der Waals surface area contributed by atoms with Gasteiger partial charge in [-0.15, -0.1) is 11.6 Å². The normalized spacial score (nSPS) is 11.4. The van der Waals surface area contributed by atoms with Crippen LogP contribution in [0.1, 0.15) is 12.8 Å². The number of rotatable bonds is 7. The topological polar surface area (TPSA) is 0 Å². The van der Waals surface area contributed by atoms with E-state index < -0.39 is 7.26 Å². The van der Waals surface area contributed by atoms with Crippen LogP contribution in [0.5, 0.6) is 0 Å². The van der Waals surface area contributed by atoms with Gasteiger partial charge in [0.1, 0.15) is 23.2 Å². The summed E-state index contributed by atoms with van der Waals surface area (Å²) in [5, 5.41) is 4.37. The van der Waals surface area contributed by atoms with Crippen molar-refractivity contribution in [1.82, 2.24) is 0 Å². The van der Waals surface area contributed by atoms with Crippen molar-refractivity contribution in [1.29, 1.82) is 0 Å². The molecule has 0 saturated heterocycles. The first-order valence-electron chi connectivity index (χ1n) is 8.49. The van der Waals surface area contributed by atoms with Crippen molar-refractivity contribution >= 4 is 34.8 Å². The first-order valence-corrected chi connectivity index (χ1v) is 11.0. The molecule has 0 unspecified atom stereocenters. The fourth-order valence-corrected chi connectivity index (χ4v) is 7.92. The molecule has 0 bridgehead atoms. The molecule has 0 nitrogen and oxygen atoms in total. The van der Waals surface area contributed by atoms with Crippen LogP contribution in [0.15, 0.2) is 91.0 Å². The van der Waals surface area contributed by atoms with Gasteiger partial charge in [0.05, 0.1) is 6.16 Å². The Balaban J connectivity index is 2.20. The Morgan fingerprint density at radius 2 is 0.917 bits per heavy atom. The van der Waals surface area contributed by atoms with Gasteiger partial charge in [-0.25, -0.2) is 0 Å². The zero-order valence-electron chi connectivity index (χ0n) is 13.8. The van der Waals surface area contributed by atoms with Crippen molar-refractivity contribution < 1.29 is 0 Å². The van der Waals surface area contributed by atoms with Crippen molar-refractivity contribution in [2.24, 2.45) is 0 Å². The van der Waals surface area contributed by atoms with Crippen LogP contribution in [0, 0.1) is 0 Å². The van der Waals surface area contributed by atoms with E-state index in [4.69, 9.17) is 11.6 Å². The lowest BCUT2D eigenvalue weighted by Crippen LogP contribution is -2.33. The molecule has 0 atom stereocenters. The second-order valence-electron chi connectivity index (χ2n) is 5.94. The maximum atomic E-state index is 5.98. The van der Waals surface area contributed by atoms with E-state index >= 15 is 0 Å². The minimum Gasteiger partial charge on any atom is -0.127 e. The van der Waals surface area contributed by atoms with E-state index in [-0.39, 0.29) is 0 Å². The summed E-state index contributed by atoms with van der Waals surface area (Å²) in [5.74, 6) is 0.734. The molecule has 24 heavy (non-hydrogen) atoms. The lowest BCUT2D eigenvalue weighted by atomic mass is 10.3. The van der Waals surface area contributed by atoms with Crippen LogP contribution in [0.25, 0.3) is 0 Å². The number of benzene rings is 3. The molecule has 2 heteroatoms. The van der Waals surface area contributed by atoms with E-state index in [0.717, 1.165) is 24.9 Å². The van der Waals surface area contributed by atoms with Gasteiger partial charge in [-0.05, 0) is 49.2 Å². The number of unbranched alkanes of at least 4 members (excludes halogenated alkanes) is 1. The summed E-state index contributed by atoms with van der Waals surface area (Å²) < 4.78 is 0. The van der Waals surface area contributed by atoms with Gasteiger partial charge < -0.3 is 0 Å². The molecule has 0 aliphatic heterocycles. The largest absolute Gasteiger partial charge is 0.127 e. The maximum absolute atomic E-state index is 5.98. The van der Waals surface area contributed by atoms with Gasteiger partial charge in [0.15, 0.2) is 0 Å². The van der Waals surface area contributed by atoms with Gasteiger partial charge in [-0.2, -0.15) is 0 Å². The van der Waals surface area contributed by atoms with Crippen molar-refractivity contribution in [3.05, 3.63) is 91.0 Å². The summed E-state index contributed by atoms with van der Waals surface area (Å²) in [5.41, 5.74) is 0. The molecule has 3 aromatic rings. The molecule has 0 N–H and O–H groups in total. The van der Waals surface area contributed by atoms with Gasteiger partial charge in [-0.3, -0.25) is 0 Å². The highest BCUT2D eigenvalue weighted by molar-refractivity contribution is 7.95. The molecule has 0 aliphatic carbocycles. The van der Waals surface area contributed by atoms with Gasteiger partial charge in [0.2, 0.25) is 0 Å². The van der Waals surface area contributed by atoms with Crippen molar-refractivity contribution in [2.45, 2.75) is 12.8 Å². The van der Waals surface area contributed by atoms with Gasteiger partial charge in [-0.1, -0.05) is 54.6 Å². The first kappa shape index (κ1) is 17.2. The lowest BCUT2D eigenvalue weighted by Gasteiger charge is -2.27. The molecule has 0 amide bonds. The summed E-state index contributed by atoms with van der Waals surface area (Å²) in [6.45, 7) is 0. The molecule has 3 rings (SSSR count). The SMILES string of the molecule is ClCCCC[P+](c1ccccc1)(c1ccccc1)c1ccccc1. The maximum Gasteiger partial charge on any atom is 0.112 e. The van der Waals surface area contributed by atoms with E-state index in [1.54, 1.807) is 0 Å². The van der Waals surface area contributed by atoms with Crippen LogP contribution in [0.4, 0.5) is 0 Å². The molecule has 122 valence electrons. The molecule has 0 radical (unpaired) electrons. The smallest absolute Gasteiger partial charge is 0.112 e. The highest BCUT2D eigenvalue weighted by Gasteiger charge is 2.44. The third-order valence-corrected chi connectivity index (χ3v) is 9.26. The van der Waals surface area contributed by atoms with Crippen molar-refractivity contribution in [3.8, 4) is 0 Å². The predicted molar refractivity (Wildman–Crippen MR) is 110 cm³/mol. The Kier molecular flexibility index (Phi) is 6.07. The Morgan fingerprint density at radius 1 is 0.542 bits per heavy atom. The average Bonchev–Trinajstić information content (AvgIpc) is 2.68. The van der Waals surface area contributed by atoms with Crippen LogP contribution in [-0.4, -0.2) is 12.0 Å². The standard InChI is InChI=1S/C22H23ClP/c23-18-10-11-19-24(20-12-4-1-5-13-20,21-14-6-2-7-15-21)22-16-8-3-9-17-22/h1-9,12-17H,10-11,18-19H2/q+1. The van der Waals surface area contributed by atoms with Crippen LogP contribution < -0.4 is 15.9 Å². The highest BCUT2D eigenvalue weighted by atomic mass is 35.5. The minimum absolute atomic E-state index is 0.734. The zero-order chi connectivity index (χ0) is 16.7. The van der Waals surface area contributed by atoms with E-state index in [2.05, 4.69) is 91.0 Å². The quantitative estimate of drug-likeness (QED) is 0.318. The second-order valence-corrected chi connectivity index (χ2v) is 9.93. The zero-order valence-corrected chi connectivity index (χ0v) is 15.5. The molecular weight excluding hydrogens is 331 g/mol. The van der Waals surface area contributed by atoms with Crippen LogP contribution >= 0.6 is 18.9 Å². The number of hydrogen-bond donors (Lipinski definition) is 0. The summed E-state index contributed by atoms with van der Waals surface area (Å²) in [7, 11) is -1.64. The summed E-state index contributed by atoms with van der Waals surface area (Å²) in [6, 6.07) is 33.1. The minimum atomic E-state index is -1.64. The molecule has 0 fully saturated rings. The molecular formula is C22H23ClP+. The number of halogens is 1. The number of hydrogen-bond acceptors (Lipinski definition) is 0. The molecule has 0 saturated carbocycles. The summed E-state index contributed by atoms with van der Waals surface area (Å²) in [4.78, 5) is 0. The van der Waals surface area contributed by atoms with Crippen LogP contribution in [0.3, 0.4) is 0 Å². The van der Waals surface area contributed by atoms with Gasteiger partial charge >= 0.3 is 0 Å². The van der Waals surface area contributed by atoms with E-state index in [0.29, 0.717) is 0 Å². The third kappa shape index (κ3) is 3.56. The van der Waals surface area contributed by atoms with Crippen LogP contribution in [-0.2, 0) is 0 Å². The van der Waals surface area contributed by atoms with Crippen molar-refractivity contribution in [3.63, 3.8) is 0 Å². The Hall–Kier alpha value is -1.62. The van der Waals surface area contributed by atoms with Crippen molar-refractivity contribution in [2.75, 3.05) is 12.0 Å². The fourth-order valence-electron chi connectivity index (χ4n) is 3.33. The molecule has 0 aliphatic rings. The highest BCUT2D eigenvalue weighted by Crippen LogP contribution is 2.55. The Morgan fingerprint density at radius 3 is 1.25 bits per heavy atom. The molecule has 3 aromatic carbocycles. The van der Waals surface area contributed by atoms with E-state index in [1.807, 2.05) is 0 Å². The summed E-state index contributed by atoms with van der Waals surface area (Å²) in [6.07, 6.45) is 3.38. The van der Waals surface area contributed by atoms with Gasteiger partial charge in [0, 0.05) is 5.88 Å². The van der Waals surface area contributed by atoms with E-state index in [9.17, 15) is 0 Å². The molecule has 0 heterocycles. The Bertz CT molecular complexity index is 629. The fraction of sp³-hybridized carbons (Fsp3) is 0.182. The monoisotopic (exact) mass is 353 g/mol. The summed E-state index contributed by atoms with van der Waals surface area (Å²) >= 11 is 5.98. The molecule has 0 aromatic heterocycles. The van der Waals surface area contributed by atoms with Crippen LogP contribution in [0.2, 0.25) is 0 Å². The Labute approximate surface area is 150 Å². The third-order valence-electron chi connectivity index (χ3n) is 4.47. The second kappa shape index (κ2) is 8.47. The first-order chi connectivity index (χ1) is 11.9. The lowest BCUT2D eigenvalue weighted by molar-refractivity contribution is 0.898. The van der Waals surface area contributed by atoms with E-state index in [1.165, 1.54) is 15.9 Å².